The quantitative estimate of drug-likeness (QED) is 0.655. The predicted molar refractivity (Wildman–Crippen MR) is 120 cm³/mol. The van der Waals surface area contributed by atoms with Crippen LogP contribution in [0.2, 0.25) is 0 Å². The molecule has 2 aliphatic heterocycles. The molecule has 0 saturated carbocycles. The van der Waals surface area contributed by atoms with Gasteiger partial charge in [0.25, 0.3) is 0 Å². The van der Waals surface area contributed by atoms with E-state index in [-0.39, 0.29) is 23.4 Å². The van der Waals surface area contributed by atoms with Gasteiger partial charge in [-0.2, -0.15) is 0 Å². The fraction of sp³-hybridized carbons (Fsp3) is 0.435. The number of fused-ring (bicyclic) bond motifs is 1. The van der Waals surface area contributed by atoms with Crippen LogP contribution in [0.15, 0.2) is 41.3 Å². The van der Waals surface area contributed by atoms with Crippen LogP contribution in [0.25, 0.3) is 0 Å². The minimum atomic E-state index is -3.91. The lowest BCUT2D eigenvalue weighted by Crippen LogP contribution is -2.39. The second-order valence-electron chi connectivity index (χ2n) is 7.84. The Labute approximate surface area is 193 Å². The van der Waals surface area contributed by atoms with Gasteiger partial charge in [-0.1, -0.05) is 6.07 Å². The minimum Gasteiger partial charge on any atom is -0.493 e. The lowest BCUT2D eigenvalue weighted by molar-refractivity contribution is -0.130. The molecule has 2 aliphatic rings. The van der Waals surface area contributed by atoms with Crippen LogP contribution in [-0.2, 0) is 14.8 Å². The molecule has 33 heavy (non-hydrogen) atoms. The van der Waals surface area contributed by atoms with E-state index in [1.807, 2.05) is 18.2 Å². The highest BCUT2D eigenvalue weighted by Gasteiger charge is 2.31. The van der Waals surface area contributed by atoms with Gasteiger partial charge >= 0.3 is 0 Å². The number of carbonyl (C=O) groups is 1. The van der Waals surface area contributed by atoms with Crippen molar-refractivity contribution < 1.29 is 32.2 Å². The highest BCUT2D eigenvalue weighted by molar-refractivity contribution is 7.89. The summed E-state index contributed by atoms with van der Waals surface area (Å²) in [4.78, 5) is 14.7. The molecule has 2 aromatic carbocycles. The average molecular weight is 477 g/mol. The second kappa shape index (κ2) is 9.88. The van der Waals surface area contributed by atoms with E-state index >= 15 is 0 Å². The number of sulfonamides is 1. The van der Waals surface area contributed by atoms with Crippen molar-refractivity contribution in [2.24, 2.45) is 0 Å². The van der Waals surface area contributed by atoms with Crippen molar-refractivity contribution in [3.05, 3.63) is 42.0 Å². The molecule has 2 aromatic rings. The van der Waals surface area contributed by atoms with Crippen LogP contribution in [0.5, 0.6) is 23.0 Å². The number of nitrogens with zero attached hydrogens (tertiary/aromatic N) is 1. The van der Waals surface area contributed by atoms with Crippen molar-refractivity contribution in [1.82, 2.24) is 9.62 Å². The summed E-state index contributed by atoms with van der Waals surface area (Å²) < 4.78 is 49.7. The third-order valence-electron chi connectivity index (χ3n) is 5.81. The van der Waals surface area contributed by atoms with Crippen LogP contribution < -0.4 is 23.7 Å². The number of rotatable bonds is 7. The fourth-order valence-corrected chi connectivity index (χ4v) is 5.11. The molecule has 1 atom stereocenters. The summed E-state index contributed by atoms with van der Waals surface area (Å²) in [6.45, 7) is 1.43. The van der Waals surface area contributed by atoms with Crippen molar-refractivity contribution in [3.63, 3.8) is 0 Å². The maximum atomic E-state index is 13.0. The van der Waals surface area contributed by atoms with Gasteiger partial charge in [-0.05, 0) is 42.7 Å². The monoisotopic (exact) mass is 476 g/mol. The molecule has 10 heteroatoms. The van der Waals surface area contributed by atoms with Crippen molar-refractivity contribution in [1.29, 1.82) is 0 Å². The summed E-state index contributed by atoms with van der Waals surface area (Å²) in [5, 5.41) is 0. The van der Waals surface area contributed by atoms with Gasteiger partial charge in [-0.15, -0.1) is 0 Å². The predicted octanol–water partition coefficient (Wildman–Crippen LogP) is 2.51. The highest BCUT2D eigenvalue weighted by Crippen LogP contribution is 2.38. The van der Waals surface area contributed by atoms with Gasteiger partial charge in [0.05, 0.1) is 44.9 Å². The summed E-state index contributed by atoms with van der Waals surface area (Å²) in [6.07, 6.45) is 2.46. The Bertz CT molecular complexity index is 1120. The van der Waals surface area contributed by atoms with Crippen LogP contribution in [0, 0.1) is 0 Å². The summed E-state index contributed by atoms with van der Waals surface area (Å²) >= 11 is 0. The first-order chi connectivity index (χ1) is 15.9. The minimum absolute atomic E-state index is 0.00572. The number of benzene rings is 2. The normalized spacial score (nSPS) is 18.0. The number of carbonyl (C=O) groups excluding carboxylic acids is 1. The molecule has 0 spiro atoms. The summed E-state index contributed by atoms with van der Waals surface area (Å²) in [7, 11) is -1.01. The molecule has 4 rings (SSSR count). The van der Waals surface area contributed by atoms with E-state index in [4.69, 9.17) is 18.9 Å². The molecular weight excluding hydrogens is 448 g/mol. The Balaban J connectivity index is 1.45. The molecule has 1 saturated heterocycles. The van der Waals surface area contributed by atoms with Gasteiger partial charge in [0.2, 0.25) is 15.9 Å². The van der Waals surface area contributed by atoms with Crippen LogP contribution in [0.4, 0.5) is 0 Å². The van der Waals surface area contributed by atoms with Crippen molar-refractivity contribution >= 4 is 15.9 Å². The average Bonchev–Trinajstić information content (AvgIpc) is 3.20. The number of likely N-dealkylation sites (tertiary alicyclic amines) is 1. The van der Waals surface area contributed by atoms with E-state index in [1.54, 1.807) is 4.90 Å². The first kappa shape index (κ1) is 23.2. The van der Waals surface area contributed by atoms with E-state index in [9.17, 15) is 13.2 Å². The van der Waals surface area contributed by atoms with Gasteiger partial charge in [0, 0.05) is 19.0 Å². The Morgan fingerprint density at radius 1 is 1.03 bits per heavy atom. The molecule has 1 N–H and O–H groups in total. The molecule has 0 bridgehead atoms. The number of ether oxygens (including phenoxy) is 4. The zero-order chi connectivity index (χ0) is 23.4. The molecule has 1 unspecified atom stereocenters. The van der Waals surface area contributed by atoms with Crippen LogP contribution in [-0.4, -0.2) is 59.7 Å². The fourth-order valence-electron chi connectivity index (χ4n) is 4.12. The molecule has 178 valence electrons. The molecule has 1 fully saturated rings. The Morgan fingerprint density at radius 3 is 2.55 bits per heavy atom. The number of methoxy groups -OCH3 is 2. The number of hydrogen-bond acceptors (Lipinski definition) is 7. The van der Waals surface area contributed by atoms with Gasteiger partial charge < -0.3 is 23.8 Å². The largest absolute Gasteiger partial charge is 0.493 e. The Morgan fingerprint density at radius 2 is 1.79 bits per heavy atom. The van der Waals surface area contributed by atoms with Crippen LogP contribution >= 0.6 is 0 Å². The van der Waals surface area contributed by atoms with E-state index in [1.165, 1.54) is 32.4 Å². The number of amides is 1. The number of hydrogen-bond donors (Lipinski definition) is 1. The molecule has 1 amide bonds. The smallest absolute Gasteiger partial charge is 0.241 e. The Hall–Kier alpha value is -2.98. The van der Waals surface area contributed by atoms with E-state index < -0.39 is 10.0 Å². The first-order valence-corrected chi connectivity index (χ1v) is 12.3. The summed E-state index contributed by atoms with van der Waals surface area (Å²) in [6, 6.07) is 9.88. The topological polar surface area (TPSA) is 103 Å². The van der Waals surface area contributed by atoms with E-state index in [0.717, 1.165) is 24.8 Å². The third kappa shape index (κ3) is 5.01. The maximum absolute atomic E-state index is 13.0. The standard InChI is InChI=1S/C23H28N2O7S/c1-29-19-9-7-17(14-21(19)30-2)33(27,28)24-15-23(26)25-10-3-5-18(25)16-6-8-20-22(13-16)32-12-4-11-31-20/h6-9,13-14,18,24H,3-5,10-12,15H2,1-2H3. The molecule has 2 heterocycles. The van der Waals surface area contributed by atoms with Gasteiger partial charge in [0.15, 0.2) is 23.0 Å². The van der Waals surface area contributed by atoms with Gasteiger partial charge in [-0.25, -0.2) is 13.1 Å². The SMILES string of the molecule is COc1ccc(S(=O)(=O)NCC(=O)N2CCCC2c2ccc3c(c2)OCCCO3)cc1OC. The second-order valence-corrected chi connectivity index (χ2v) is 9.61. The van der Waals surface area contributed by atoms with Gasteiger partial charge in [0.1, 0.15) is 0 Å². The Kier molecular flexibility index (Phi) is 6.94. The summed E-state index contributed by atoms with van der Waals surface area (Å²) in [5.74, 6) is 1.81. The third-order valence-corrected chi connectivity index (χ3v) is 7.21. The van der Waals surface area contributed by atoms with E-state index in [0.29, 0.717) is 42.8 Å². The van der Waals surface area contributed by atoms with Crippen LogP contribution in [0.1, 0.15) is 30.9 Å². The molecule has 0 aliphatic carbocycles. The molecule has 0 aromatic heterocycles. The zero-order valence-electron chi connectivity index (χ0n) is 18.7. The zero-order valence-corrected chi connectivity index (χ0v) is 19.5. The number of nitrogens with one attached hydrogen (secondary N) is 1. The lowest BCUT2D eigenvalue weighted by atomic mass is 10.0. The molecular formula is C23H28N2O7S. The highest BCUT2D eigenvalue weighted by atomic mass is 32.2. The first-order valence-electron chi connectivity index (χ1n) is 10.8. The molecule has 9 nitrogen and oxygen atoms in total. The van der Waals surface area contributed by atoms with E-state index in [2.05, 4.69) is 4.72 Å². The summed E-state index contributed by atoms with van der Waals surface area (Å²) in [5.41, 5.74) is 0.952. The van der Waals surface area contributed by atoms with Gasteiger partial charge in [-0.3, -0.25) is 4.79 Å². The van der Waals surface area contributed by atoms with Crippen LogP contribution in [0.3, 0.4) is 0 Å². The van der Waals surface area contributed by atoms with Crippen molar-refractivity contribution in [2.45, 2.75) is 30.2 Å². The lowest BCUT2D eigenvalue weighted by Gasteiger charge is -2.26. The van der Waals surface area contributed by atoms with Crippen molar-refractivity contribution in [2.75, 3.05) is 40.5 Å². The maximum Gasteiger partial charge on any atom is 0.241 e. The van der Waals surface area contributed by atoms with Crippen molar-refractivity contribution in [3.8, 4) is 23.0 Å². The molecule has 0 radical (unpaired) electrons.